The van der Waals surface area contributed by atoms with Crippen LogP contribution >= 0.6 is 0 Å². The summed E-state index contributed by atoms with van der Waals surface area (Å²) in [6.07, 6.45) is -7.28. The molecule has 1 aromatic heterocycles. The van der Waals surface area contributed by atoms with Gasteiger partial charge in [0.2, 0.25) is 6.10 Å². The van der Waals surface area contributed by atoms with Crippen LogP contribution in [0, 0.1) is 5.82 Å². The normalized spacial score (nSPS) is 23.4. The summed E-state index contributed by atoms with van der Waals surface area (Å²) in [6.45, 7) is 3.91. The van der Waals surface area contributed by atoms with Crippen molar-refractivity contribution in [3.63, 3.8) is 0 Å². The molecule has 1 unspecified atom stereocenters. The molecule has 0 amide bonds. The molecule has 0 saturated carbocycles. The number of pyridine rings is 1. The number of carbonyl (C=O) groups excluding carboxylic acids is 4. The molecular weight excluding hydrogens is 485 g/mol. The van der Waals surface area contributed by atoms with E-state index in [9.17, 15) is 28.4 Å². The Kier molecular flexibility index (Phi) is 8.25. The summed E-state index contributed by atoms with van der Waals surface area (Å²) in [5.74, 6) is -3.68. The lowest BCUT2D eigenvalue weighted by atomic mass is 9.98. The summed E-state index contributed by atoms with van der Waals surface area (Å²) < 4.78 is 41.2. The van der Waals surface area contributed by atoms with Gasteiger partial charge in [-0.1, -0.05) is 0 Å². The largest absolute Gasteiger partial charge is 0.463 e. The van der Waals surface area contributed by atoms with Gasteiger partial charge in [0.25, 0.3) is 11.8 Å². The molecule has 2 aromatic rings. The minimum Gasteiger partial charge on any atom is -0.463 e. The number of esters is 4. The lowest BCUT2D eigenvalue weighted by Gasteiger charge is -2.43. The predicted molar refractivity (Wildman–Crippen MR) is 117 cm³/mol. The summed E-state index contributed by atoms with van der Waals surface area (Å²) in [6, 6.07) is 6.06. The van der Waals surface area contributed by atoms with Gasteiger partial charge in [-0.3, -0.25) is 24.0 Å². The van der Waals surface area contributed by atoms with Gasteiger partial charge in [0.1, 0.15) is 18.5 Å². The van der Waals surface area contributed by atoms with Gasteiger partial charge in [0, 0.05) is 39.1 Å². The number of halogens is 1. The summed E-state index contributed by atoms with van der Waals surface area (Å²) >= 11 is 0. The van der Waals surface area contributed by atoms with Crippen molar-refractivity contribution in [2.75, 3.05) is 6.61 Å². The smallest absolute Gasteiger partial charge is 0.303 e. The van der Waals surface area contributed by atoms with E-state index >= 15 is 0 Å². The van der Waals surface area contributed by atoms with Gasteiger partial charge in [0.15, 0.2) is 12.2 Å². The van der Waals surface area contributed by atoms with Gasteiger partial charge < -0.3 is 28.5 Å². The number of nitrogens with zero attached hydrogens (tertiary/aromatic N) is 1. The number of aromatic nitrogens is 1. The molecule has 36 heavy (non-hydrogen) atoms. The average Bonchev–Trinajstić information content (AvgIpc) is 2.77. The first-order chi connectivity index (χ1) is 17.0. The first-order valence-corrected chi connectivity index (χ1v) is 10.7. The number of hydrogen-bond acceptors (Lipinski definition) is 11. The lowest BCUT2D eigenvalue weighted by Crippen LogP contribution is -2.64. The molecule has 12 nitrogen and oxygen atoms in total. The Balaban J connectivity index is 2.09. The number of hydrogen-bond donors (Lipinski definition) is 0. The fourth-order valence-electron chi connectivity index (χ4n) is 3.68. The molecule has 1 aliphatic heterocycles. The lowest BCUT2D eigenvalue weighted by molar-refractivity contribution is -0.307. The standard InChI is InChI=1S/C23H24FNO11/c1-11(26)31-10-18-20(32-12(2)27)21(33-13(3)28)22(34-14(4)29)23(35-18)36-25-17-7-6-16(24)9-15(17)5-8-19(25)30/h5-9,18,20-23H,10H2,1-4H3/t18-,20-,21+,22-,23?/m1/s1. The zero-order valence-corrected chi connectivity index (χ0v) is 19.8. The van der Waals surface area contributed by atoms with Crippen LogP contribution in [0.3, 0.4) is 0 Å². The third-order valence-corrected chi connectivity index (χ3v) is 4.97. The fourth-order valence-corrected chi connectivity index (χ4v) is 3.68. The maximum absolute atomic E-state index is 13.7. The molecule has 1 fully saturated rings. The average molecular weight is 509 g/mol. The zero-order valence-electron chi connectivity index (χ0n) is 19.8. The molecule has 1 aliphatic rings. The first kappa shape index (κ1) is 26.6. The second-order valence-corrected chi connectivity index (χ2v) is 7.84. The van der Waals surface area contributed by atoms with Crippen molar-refractivity contribution in [1.82, 2.24) is 4.73 Å². The van der Waals surface area contributed by atoms with E-state index in [4.69, 9.17) is 28.5 Å². The Hall–Kier alpha value is -4.00. The molecule has 3 rings (SSSR count). The molecule has 13 heteroatoms. The fraction of sp³-hybridized carbons (Fsp3) is 0.435. The Labute approximate surface area is 203 Å². The van der Waals surface area contributed by atoms with Crippen LogP contribution in [0.2, 0.25) is 0 Å². The van der Waals surface area contributed by atoms with Crippen LogP contribution in [0.5, 0.6) is 0 Å². The first-order valence-electron chi connectivity index (χ1n) is 10.7. The van der Waals surface area contributed by atoms with E-state index in [2.05, 4.69) is 0 Å². The van der Waals surface area contributed by atoms with Crippen LogP contribution in [0.15, 0.2) is 35.1 Å². The van der Waals surface area contributed by atoms with Crippen LogP contribution in [0.4, 0.5) is 4.39 Å². The Morgan fingerprint density at radius 3 is 2.08 bits per heavy atom. The van der Waals surface area contributed by atoms with E-state index in [1.165, 1.54) is 18.2 Å². The van der Waals surface area contributed by atoms with Gasteiger partial charge in [-0.2, -0.15) is 0 Å². The SMILES string of the molecule is CC(=O)OC[C@H]1OC(On2c(=O)ccc3cc(F)ccc32)[C@H](OC(C)=O)[C@@H](OC(C)=O)[C@@H]1OC(C)=O. The molecule has 5 atom stereocenters. The minimum atomic E-state index is -1.63. The van der Waals surface area contributed by atoms with Crippen molar-refractivity contribution < 1.29 is 52.1 Å². The van der Waals surface area contributed by atoms with Crippen molar-refractivity contribution in [3.8, 4) is 0 Å². The van der Waals surface area contributed by atoms with E-state index in [1.807, 2.05) is 0 Å². The van der Waals surface area contributed by atoms with Crippen molar-refractivity contribution in [2.24, 2.45) is 0 Å². The Morgan fingerprint density at radius 2 is 1.47 bits per heavy atom. The highest BCUT2D eigenvalue weighted by Gasteiger charge is 2.53. The van der Waals surface area contributed by atoms with Crippen LogP contribution in [-0.4, -0.2) is 65.9 Å². The van der Waals surface area contributed by atoms with E-state index in [0.717, 1.165) is 44.6 Å². The number of carbonyl (C=O) groups is 4. The quantitative estimate of drug-likeness (QED) is 0.383. The van der Waals surface area contributed by atoms with Gasteiger partial charge >= 0.3 is 23.9 Å². The third-order valence-electron chi connectivity index (χ3n) is 4.97. The molecule has 1 saturated heterocycles. The molecular formula is C23H24FNO11. The highest BCUT2D eigenvalue weighted by Crippen LogP contribution is 2.29. The summed E-state index contributed by atoms with van der Waals surface area (Å²) in [5.41, 5.74) is -0.529. The molecule has 0 radical (unpaired) electrons. The molecule has 0 N–H and O–H groups in total. The topological polar surface area (TPSA) is 146 Å². The minimum absolute atomic E-state index is 0.150. The van der Waals surface area contributed by atoms with Gasteiger partial charge in [-0.05, 0) is 24.3 Å². The Morgan fingerprint density at radius 1 is 0.861 bits per heavy atom. The van der Waals surface area contributed by atoms with Crippen LogP contribution in [0.1, 0.15) is 27.7 Å². The molecule has 194 valence electrons. The molecule has 0 spiro atoms. The zero-order chi connectivity index (χ0) is 26.6. The second-order valence-electron chi connectivity index (χ2n) is 7.84. The maximum Gasteiger partial charge on any atom is 0.303 e. The van der Waals surface area contributed by atoms with Crippen LogP contribution in [-0.2, 0) is 42.9 Å². The number of benzene rings is 1. The monoisotopic (exact) mass is 509 g/mol. The summed E-state index contributed by atoms with van der Waals surface area (Å²) in [5, 5.41) is 0.306. The molecule has 1 aromatic carbocycles. The maximum atomic E-state index is 13.7. The van der Waals surface area contributed by atoms with Crippen LogP contribution in [0.25, 0.3) is 10.9 Å². The van der Waals surface area contributed by atoms with Crippen molar-refractivity contribution in [3.05, 3.63) is 46.5 Å². The summed E-state index contributed by atoms with van der Waals surface area (Å²) in [7, 11) is 0. The van der Waals surface area contributed by atoms with E-state index in [0.29, 0.717) is 5.39 Å². The highest BCUT2D eigenvalue weighted by atomic mass is 19.1. The van der Waals surface area contributed by atoms with Crippen molar-refractivity contribution in [2.45, 2.75) is 58.4 Å². The Bertz CT molecular complexity index is 1230. The molecule has 0 aliphatic carbocycles. The summed E-state index contributed by atoms with van der Waals surface area (Å²) in [4.78, 5) is 65.5. The van der Waals surface area contributed by atoms with Gasteiger partial charge in [-0.15, -0.1) is 4.73 Å². The molecule has 0 bridgehead atoms. The third kappa shape index (κ3) is 6.36. The molecule has 2 heterocycles. The van der Waals surface area contributed by atoms with Gasteiger partial charge in [0.05, 0.1) is 5.52 Å². The van der Waals surface area contributed by atoms with E-state index < -0.39 is 72.6 Å². The van der Waals surface area contributed by atoms with Crippen molar-refractivity contribution >= 4 is 34.8 Å². The highest BCUT2D eigenvalue weighted by molar-refractivity contribution is 5.78. The number of rotatable bonds is 7. The number of ether oxygens (including phenoxy) is 5. The predicted octanol–water partition coefficient (Wildman–Crippen LogP) is 0.652. The number of fused-ring (bicyclic) bond motifs is 1. The second kappa shape index (κ2) is 11.2. The van der Waals surface area contributed by atoms with E-state index in [1.54, 1.807) is 0 Å². The van der Waals surface area contributed by atoms with Crippen LogP contribution < -0.4 is 10.4 Å². The van der Waals surface area contributed by atoms with Crippen molar-refractivity contribution in [1.29, 1.82) is 0 Å². The van der Waals surface area contributed by atoms with Gasteiger partial charge in [-0.25, -0.2) is 4.39 Å². The van der Waals surface area contributed by atoms with E-state index in [-0.39, 0.29) is 5.52 Å².